The van der Waals surface area contributed by atoms with Crippen LogP contribution >= 0.6 is 0 Å². The minimum absolute atomic E-state index is 0.0440. The van der Waals surface area contributed by atoms with Crippen molar-refractivity contribution in [3.05, 3.63) is 71.9 Å². The highest BCUT2D eigenvalue weighted by Gasteiger charge is 2.25. The molecule has 29 heavy (non-hydrogen) atoms. The third kappa shape index (κ3) is 5.48. The van der Waals surface area contributed by atoms with Crippen LogP contribution in [-0.4, -0.2) is 32.2 Å². The molecule has 154 valence electrons. The van der Waals surface area contributed by atoms with Crippen molar-refractivity contribution in [3.63, 3.8) is 0 Å². The van der Waals surface area contributed by atoms with Crippen molar-refractivity contribution in [1.29, 1.82) is 0 Å². The summed E-state index contributed by atoms with van der Waals surface area (Å²) in [5, 5.41) is 0. The molecule has 0 spiro atoms. The normalized spacial score (nSPS) is 15.6. The summed E-state index contributed by atoms with van der Waals surface area (Å²) in [5.74, 6) is 0.146. The van der Waals surface area contributed by atoms with Gasteiger partial charge < -0.3 is 9.08 Å². The van der Waals surface area contributed by atoms with Crippen molar-refractivity contribution in [2.75, 3.05) is 13.1 Å². The van der Waals surface area contributed by atoms with Gasteiger partial charge in [0.25, 0.3) is 0 Å². The van der Waals surface area contributed by atoms with Gasteiger partial charge in [-0.2, -0.15) is 8.42 Å². The molecule has 1 aliphatic heterocycles. The Bertz CT molecular complexity index is 989. The van der Waals surface area contributed by atoms with Gasteiger partial charge in [-0.1, -0.05) is 37.3 Å². The molecule has 2 aromatic rings. The molecule has 1 saturated heterocycles. The standard InChI is InChI=1S/C23H27NO4S/c1-3-4-13-24-14-11-19(12-15-24)23(25)20-8-6-9-21(17-20)28-29(26,27)22-10-5-7-18(2)16-22/h4-10,13,16-17,19H,3,11-12,14-15H2,1-2H3/b13-4+. The number of ketones is 1. The predicted octanol–water partition coefficient (Wildman–Crippen LogP) is 4.58. The number of Topliss-reactive ketones (excluding diaryl/α,β-unsaturated/α-hetero) is 1. The summed E-state index contributed by atoms with van der Waals surface area (Å²) >= 11 is 0. The van der Waals surface area contributed by atoms with E-state index in [0.717, 1.165) is 37.9 Å². The van der Waals surface area contributed by atoms with Gasteiger partial charge >= 0.3 is 10.1 Å². The van der Waals surface area contributed by atoms with Crippen LogP contribution in [0.25, 0.3) is 0 Å². The van der Waals surface area contributed by atoms with E-state index >= 15 is 0 Å². The number of hydrogen-bond acceptors (Lipinski definition) is 5. The minimum Gasteiger partial charge on any atom is -0.379 e. The lowest BCUT2D eigenvalue weighted by molar-refractivity contribution is 0.0865. The van der Waals surface area contributed by atoms with Crippen LogP contribution in [0.2, 0.25) is 0 Å². The van der Waals surface area contributed by atoms with Gasteiger partial charge in [-0.05, 0) is 62.2 Å². The Balaban J connectivity index is 1.69. The second-order valence-electron chi connectivity index (χ2n) is 7.35. The molecule has 0 N–H and O–H groups in total. The summed E-state index contributed by atoms with van der Waals surface area (Å²) in [6.07, 6.45) is 6.80. The Morgan fingerprint density at radius 3 is 2.55 bits per heavy atom. The Morgan fingerprint density at radius 1 is 1.14 bits per heavy atom. The highest BCUT2D eigenvalue weighted by molar-refractivity contribution is 7.87. The van der Waals surface area contributed by atoms with Gasteiger partial charge in [0.2, 0.25) is 0 Å². The first-order chi connectivity index (χ1) is 13.9. The molecule has 1 heterocycles. The van der Waals surface area contributed by atoms with Gasteiger partial charge in [0.1, 0.15) is 10.6 Å². The molecule has 6 heteroatoms. The highest BCUT2D eigenvalue weighted by atomic mass is 32.2. The van der Waals surface area contributed by atoms with Gasteiger partial charge in [0.05, 0.1) is 0 Å². The number of benzene rings is 2. The summed E-state index contributed by atoms with van der Waals surface area (Å²) in [7, 11) is -3.94. The van der Waals surface area contributed by atoms with E-state index in [1.807, 2.05) is 13.0 Å². The fraction of sp³-hybridized carbons (Fsp3) is 0.348. The summed E-state index contributed by atoms with van der Waals surface area (Å²) in [4.78, 5) is 15.2. The maximum atomic E-state index is 12.9. The van der Waals surface area contributed by atoms with Crippen LogP contribution in [0, 0.1) is 12.8 Å². The first-order valence-corrected chi connectivity index (χ1v) is 11.4. The molecule has 0 atom stereocenters. The van der Waals surface area contributed by atoms with E-state index in [1.165, 1.54) is 12.1 Å². The molecule has 0 bridgehead atoms. The van der Waals surface area contributed by atoms with E-state index in [4.69, 9.17) is 4.18 Å². The first-order valence-electron chi connectivity index (χ1n) is 9.95. The van der Waals surface area contributed by atoms with E-state index in [0.29, 0.717) is 5.56 Å². The highest BCUT2D eigenvalue weighted by Crippen LogP contribution is 2.25. The van der Waals surface area contributed by atoms with Crippen LogP contribution in [0.4, 0.5) is 0 Å². The maximum Gasteiger partial charge on any atom is 0.339 e. The van der Waals surface area contributed by atoms with Crippen molar-refractivity contribution in [3.8, 4) is 5.75 Å². The fourth-order valence-electron chi connectivity index (χ4n) is 3.45. The third-order valence-electron chi connectivity index (χ3n) is 5.05. The lowest BCUT2D eigenvalue weighted by atomic mass is 9.89. The smallest absolute Gasteiger partial charge is 0.339 e. The number of rotatable bonds is 7. The van der Waals surface area contributed by atoms with E-state index in [9.17, 15) is 13.2 Å². The molecule has 0 radical (unpaired) electrons. The average molecular weight is 414 g/mol. The van der Waals surface area contributed by atoms with E-state index in [1.54, 1.807) is 30.3 Å². The van der Waals surface area contributed by atoms with Crippen LogP contribution in [0.15, 0.2) is 65.7 Å². The molecule has 0 aliphatic carbocycles. The number of nitrogens with zero attached hydrogens (tertiary/aromatic N) is 1. The number of piperidine rings is 1. The lowest BCUT2D eigenvalue weighted by Gasteiger charge is -2.30. The minimum atomic E-state index is -3.94. The average Bonchev–Trinajstić information content (AvgIpc) is 2.72. The number of aryl methyl sites for hydroxylation is 1. The molecular weight excluding hydrogens is 386 g/mol. The zero-order valence-electron chi connectivity index (χ0n) is 16.9. The SMILES string of the molecule is CC/C=C/N1CCC(C(=O)c2cccc(OS(=O)(=O)c3cccc(C)c3)c2)CC1. The fourth-order valence-corrected chi connectivity index (χ4v) is 4.48. The monoisotopic (exact) mass is 413 g/mol. The van der Waals surface area contributed by atoms with Gasteiger partial charge in [-0.15, -0.1) is 0 Å². The van der Waals surface area contributed by atoms with E-state index in [2.05, 4.69) is 24.1 Å². The third-order valence-corrected chi connectivity index (χ3v) is 6.30. The van der Waals surface area contributed by atoms with Crippen molar-refractivity contribution in [2.45, 2.75) is 38.0 Å². The number of carbonyl (C=O) groups is 1. The Morgan fingerprint density at radius 2 is 1.86 bits per heavy atom. The Kier molecular flexibility index (Phi) is 6.75. The Labute approximate surface area is 173 Å². The van der Waals surface area contributed by atoms with Crippen LogP contribution in [0.1, 0.15) is 42.1 Å². The van der Waals surface area contributed by atoms with E-state index in [-0.39, 0.29) is 22.3 Å². The Hall–Kier alpha value is -2.60. The molecule has 2 aromatic carbocycles. The maximum absolute atomic E-state index is 12.9. The van der Waals surface area contributed by atoms with Crippen LogP contribution in [0.3, 0.4) is 0 Å². The molecule has 1 aliphatic rings. The second-order valence-corrected chi connectivity index (χ2v) is 8.90. The van der Waals surface area contributed by atoms with Crippen molar-refractivity contribution < 1.29 is 17.4 Å². The topological polar surface area (TPSA) is 63.7 Å². The van der Waals surface area contributed by atoms with Crippen LogP contribution in [0.5, 0.6) is 5.75 Å². The van der Waals surface area contributed by atoms with E-state index < -0.39 is 10.1 Å². The summed E-state index contributed by atoms with van der Waals surface area (Å²) in [5.41, 5.74) is 1.32. The number of carbonyl (C=O) groups excluding carboxylic acids is 1. The van der Waals surface area contributed by atoms with Gasteiger partial charge in [-0.25, -0.2) is 0 Å². The zero-order valence-corrected chi connectivity index (χ0v) is 17.7. The lowest BCUT2D eigenvalue weighted by Crippen LogP contribution is -2.33. The first kappa shape index (κ1) is 21.1. The summed E-state index contributed by atoms with van der Waals surface area (Å²) in [6, 6.07) is 13.0. The summed E-state index contributed by atoms with van der Waals surface area (Å²) < 4.78 is 30.4. The van der Waals surface area contributed by atoms with Gasteiger partial charge in [0.15, 0.2) is 5.78 Å². The largest absolute Gasteiger partial charge is 0.379 e. The number of allylic oxidation sites excluding steroid dienone is 1. The zero-order chi connectivity index (χ0) is 20.9. The summed E-state index contributed by atoms with van der Waals surface area (Å²) in [6.45, 7) is 5.62. The van der Waals surface area contributed by atoms with Gasteiger partial charge in [-0.3, -0.25) is 4.79 Å². The molecular formula is C23H27NO4S. The van der Waals surface area contributed by atoms with Crippen molar-refractivity contribution >= 4 is 15.9 Å². The molecule has 3 rings (SSSR count). The molecule has 1 fully saturated rings. The molecule has 5 nitrogen and oxygen atoms in total. The molecule has 0 saturated carbocycles. The van der Waals surface area contributed by atoms with Crippen molar-refractivity contribution in [1.82, 2.24) is 4.90 Å². The quantitative estimate of drug-likeness (QED) is 0.491. The molecule has 0 amide bonds. The second kappa shape index (κ2) is 9.27. The van der Waals surface area contributed by atoms with Crippen LogP contribution < -0.4 is 4.18 Å². The predicted molar refractivity (Wildman–Crippen MR) is 113 cm³/mol. The molecule has 0 unspecified atom stereocenters. The number of likely N-dealkylation sites (tertiary alicyclic amines) is 1. The molecule has 0 aromatic heterocycles. The number of hydrogen-bond donors (Lipinski definition) is 0. The van der Waals surface area contributed by atoms with Crippen LogP contribution in [-0.2, 0) is 10.1 Å². The van der Waals surface area contributed by atoms with Crippen molar-refractivity contribution in [2.24, 2.45) is 5.92 Å². The van der Waals surface area contributed by atoms with Gasteiger partial charge in [0, 0.05) is 24.6 Å².